The first-order chi connectivity index (χ1) is 11.5. The second kappa shape index (κ2) is 6.40. The van der Waals surface area contributed by atoms with Gasteiger partial charge < -0.3 is 25.0 Å². The zero-order valence-corrected chi connectivity index (χ0v) is 13.8. The molecule has 2 aromatic carbocycles. The number of benzene rings is 2. The highest BCUT2D eigenvalue weighted by Crippen LogP contribution is 2.36. The zero-order chi connectivity index (χ0) is 17.3. The summed E-state index contributed by atoms with van der Waals surface area (Å²) in [4.78, 5) is 23.7. The molecule has 0 spiro atoms. The van der Waals surface area contributed by atoms with E-state index in [0.717, 1.165) is 6.07 Å². The van der Waals surface area contributed by atoms with E-state index < -0.39 is 11.9 Å². The van der Waals surface area contributed by atoms with E-state index in [2.05, 4.69) is 21.2 Å². The Morgan fingerprint density at radius 2 is 1.71 bits per heavy atom. The molecular formula is C16H12BrNO6. The summed E-state index contributed by atoms with van der Waals surface area (Å²) in [5, 5.41) is 21.1. The summed E-state index contributed by atoms with van der Waals surface area (Å²) in [6.07, 6.45) is 0. The summed E-state index contributed by atoms with van der Waals surface area (Å²) in [5.41, 5.74) is 0.132. The molecule has 0 aromatic heterocycles. The van der Waals surface area contributed by atoms with Gasteiger partial charge in [0.25, 0.3) is 5.91 Å². The molecule has 1 amide bonds. The lowest BCUT2D eigenvalue weighted by atomic mass is 10.1. The van der Waals surface area contributed by atoms with Crippen LogP contribution in [0.15, 0.2) is 34.8 Å². The maximum absolute atomic E-state index is 12.5. The van der Waals surface area contributed by atoms with Gasteiger partial charge in [-0.1, -0.05) is 0 Å². The number of phenolic OH excluding ortho intramolecular Hbond substituents is 1. The molecule has 0 unspecified atom stereocenters. The first kappa shape index (κ1) is 16.1. The third kappa shape index (κ3) is 3.13. The van der Waals surface area contributed by atoms with Crippen LogP contribution < -0.4 is 14.8 Å². The first-order valence-electron chi connectivity index (χ1n) is 6.92. The normalized spacial score (nSPS) is 12.5. The summed E-state index contributed by atoms with van der Waals surface area (Å²) >= 11 is 3.30. The molecule has 3 N–H and O–H groups in total. The Morgan fingerprint density at radius 3 is 2.38 bits per heavy atom. The van der Waals surface area contributed by atoms with Gasteiger partial charge in [0.2, 0.25) is 0 Å². The summed E-state index contributed by atoms with van der Waals surface area (Å²) in [6.45, 7) is 0.817. The molecule has 1 heterocycles. The minimum atomic E-state index is -1.26. The lowest BCUT2D eigenvalue weighted by Gasteiger charge is -2.19. The SMILES string of the molecule is O=C(Nc1ccc(O)cc1C(=O)O)c1cc2c(cc1Br)OCCO2. The van der Waals surface area contributed by atoms with Gasteiger partial charge in [-0.05, 0) is 46.3 Å². The van der Waals surface area contributed by atoms with Gasteiger partial charge in [0, 0.05) is 4.47 Å². The summed E-state index contributed by atoms with van der Waals surface area (Å²) in [6, 6.07) is 6.83. The number of carboxylic acid groups (broad SMARTS) is 1. The molecule has 7 nitrogen and oxygen atoms in total. The fourth-order valence-corrected chi connectivity index (χ4v) is 2.75. The fourth-order valence-electron chi connectivity index (χ4n) is 2.25. The number of ether oxygens (including phenoxy) is 2. The Morgan fingerprint density at radius 1 is 1.04 bits per heavy atom. The maximum Gasteiger partial charge on any atom is 0.337 e. The number of phenols is 1. The quantitative estimate of drug-likeness (QED) is 0.692. The molecule has 1 aliphatic heterocycles. The van der Waals surface area contributed by atoms with E-state index in [4.69, 9.17) is 9.47 Å². The van der Waals surface area contributed by atoms with Crippen molar-refractivity contribution in [2.24, 2.45) is 0 Å². The lowest BCUT2D eigenvalue weighted by molar-refractivity contribution is 0.0697. The van der Waals surface area contributed by atoms with Crippen LogP contribution in [-0.2, 0) is 0 Å². The van der Waals surface area contributed by atoms with Crippen LogP contribution in [0.3, 0.4) is 0 Å². The number of aromatic hydroxyl groups is 1. The van der Waals surface area contributed by atoms with Crippen molar-refractivity contribution in [3.8, 4) is 17.2 Å². The number of carboxylic acids is 1. The number of fused-ring (bicyclic) bond motifs is 1. The Hall–Kier alpha value is -2.74. The molecule has 8 heteroatoms. The highest BCUT2D eigenvalue weighted by molar-refractivity contribution is 9.10. The Balaban J connectivity index is 1.92. The number of rotatable bonds is 3. The number of anilines is 1. The summed E-state index contributed by atoms with van der Waals surface area (Å²) in [7, 11) is 0. The van der Waals surface area contributed by atoms with E-state index in [-0.39, 0.29) is 22.6 Å². The minimum Gasteiger partial charge on any atom is -0.508 e. The van der Waals surface area contributed by atoms with Crippen LogP contribution in [0.2, 0.25) is 0 Å². The van der Waals surface area contributed by atoms with Gasteiger partial charge in [-0.15, -0.1) is 0 Å². The van der Waals surface area contributed by atoms with Crippen molar-refractivity contribution in [3.63, 3.8) is 0 Å². The van der Waals surface area contributed by atoms with Crippen molar-refractivity contribution in [1.29, 1.82) is 0 Å². The second-order valence-electron chi connectivity index (χ2n) is 4.96. The molecule has 0 atom stereocenters. The van der Waals surface area contributed by atoms with Crippen LogP contribution in [0.1, 0.15) is 20.7 Å². The number of carbonyl (C=O) groups is 2. The number of hydrogen-bond acceptors (Lipinski definition) is 5. The summed E-state index contributed by atoms with van der Waals surface area (Å²) in [5.74, 6) is -1.01. The average molecular weight is 394 g/mol. The Bertz CT molecular complexity index is 836. The number of aromatic carboxylic acids is 1. The second-order valence-corrected chi connectivity index (χ2v) is 5.82. The topological polar surface area (TPSA) is 105 Å². The van der Waals surface area contributed by atoms with Crippen LogP contribution >= 0.6 is 15.9 Å². The van der Waals surface area contributed by atoms with E-state index >= 15 is 0 Å². The van der Waals surface area contributed by atoms with E-state index in [1.54, 1.807) is 6.07 Å². The molecule has 0 aliphatic carbocycles. The monoisotopic (exact) mass is 393 g/mol. The van der Waals surface area contributed by atoms with Gasteiger partial charge in [-0.3, -0.25) is 4.79 Å². The highest BCUT2D eigenvalue weighted by atomic mass is 79.9. The van der Waals surface area contributed by atoms with Crippen LogP contribution in [0.25, 0.3) is 0 Å². The zero-order valence-electron chi connectivity index (χ0n) is 12.2. The third-order valence-electron chi connectivity index (χ3n) is 3.36. The predicted octanol–water partition coefficient (Wildman–Crippen LogP) is 2.88. The molecule has 3 rings (SSSR count). The van der Waals surface area contributed by atoms with Crippen molar-refractivity contribution >= 4 is 33.5 Å². The molecule has 2 aromatic rings. The van der Waals surface area contributed by atoms with Crippen LogP contribution in [0.5, 0.6) is 17.2 Å². The molecule has 0 radical (unpaired) electrons. The highest BCUT2D eigenvalue weighted by Gasteiger charge is 2.20. The maximum atomic E-state index is 12.5. The molecule has 1 aliphatic rings. The third-order valence-corrected chi connectivity index (χ3v) is 4.01. The fraction of sp³-hybridized carbons (Fsp3) is 0.125. The van der Waals surface area contributed by atoms with Crippen LogP contribution in [0, 0.1) is 0 Å². The van der Waals surface area contributed by atoms with Crippen molar-refractivity contribution in [3.05, 3.63) is 45.9 Å². The molecule has 0 bridgehead atoms. The first-order valence-corrected chi connectivity index (χ1v) is 7.72. The Kier molecular flexibility index (Phi) is 4.30. The van der Waals surface area contributed by atoms with Crippen molar-refractivity contribution in [2.45, 2.75) is 0 Å². The molecular weight excluding hydrogens is 382 g/mol. The Labute approximate surface area is 144 Å². The van der Waals surface area contributed by atoms with Crippen LogP contribution in [-0.4, -0.2) is 35.3 Å². The van der Waals surface area contributed by atoms with E-state index in [1.165, 1.54) is 18.2 Å². The van der Waals surface area contributed by atoms with Crippen molar-refractivity contribution < 1.29 is 29.3 Å². The van der Waals surface area contributed by atoms with Gasteiger partial charge in [-0.2, -0.15) is 0 Å². The average Bonchev–Trinajstić information content (AvgIpc) is 2.55. The number of carbonyl (C=O) groups excluding carboxylic acids is 1. The van der Waals surface area contributed by atoms with Gasteiger partial charge in [0.05, 0.1) is 16.8 Å². The van der Waals surface area contributed by atoms with E-state index in [9.17, 15) is 19.8 Å². The van der Waals surface area contributed by atoms with E-state index in [1.807, 2.05) is 0 Å². The summed E-state index contributed by atoms with van der Waals surface area (Å²) < 4.78 is 11.4. The largest absolute Gasteiger partial charge is 0.508 e. The van der Waals surface area contributed by atoms with Crippen LogP contribution in [0.4, 0.5) is 5.69 Å². The number of nitrogens with one attached hydrogen (secondary N) is 1. The molecule has 0 saturated carbocycles. The van der Waals surface area contributed by atoms with E-state index in [0.29, 0.717) is 29.2 Å². The minimum absolute atomic E-state index is 0.0760. The molecule has 124 valence electrons. The standard InChI is InChI=1S/C16H12BrNO6/c17-11-7-14-13(23-3-4-24-14)6-9(11)15(20)18-12-2-1-8(19)5-10(12)16(21)22/h1-2,5-7,19H,3-4H2,(H,18,20)(H,21,22). The van der Waals surface area contributed by atoms with Gasteiger partial charge in [0.15, 0.2) is 11.5 Å². The number of hydrogen-bond donors (Lipinski definition) is 3. The molecule has 0 saturated heterocycles. The molecule has 24 heavy (non-hydrogen) atoms. The van der Waals surface area contributed by atoms with Gasteiger partial charge in [-0.25, -0.2) is 4.79 Å². The predicted molar refractivity (Wildman–Crippen MR) is 88.2 cm³/mol. The lowest BCUT2D eigenvalue weighted by Crippen LogP contribution is -2.18. The van der Waals surface area contributed by atoms with Gasteiger partial charge in [0.1, 0.15) is 19.0 Å². The molecule has 0 fully saturated rings. The number of halogens is 1. The van der Waals surface area contributed by atoms with Crippen molar-refractivity contribution in [2.75, 3.05) is 18.5 Å². The number of amides is 1. The van der Waals surface area contributed by atoms with Gasteiger partial charge >= 0.3 is 5.97 Å². The van der Waals surface area contributed by atoms with Crippen molar-refractivity contribution in [1.82, 2.24) is 0 Å². The smallest absolute Gasteiger partial charge is 0.337 e.